The molecule has 0 saturated heterocycles. The van der Waals surface area contributed by atoms with Gasteiger partial charge < -0.3 is 10.6 Å². The lowest BCUT2D eigenvalue weighted by molar-refractivity contribution is 0.982. The first-order valence-electron chi connectivity index (χ1n) is 7.47. The van der Waals surface area contributed by atoms with E-state index in [4.69, 9.17) is 0 Å². The molecule has 0 bridgehead atoms. The van der Waals surface area contributed by atoms with Crippen molar-refractivity contribution in [3.05, 3.63) is 65.4 Å². The molecule has 0 aliphatic heterocycles. The van der Waals surface area contributed by atoms with Crippen molar-refractivity contribution >= 4 is 23.1 Å². The molecule has 0 fully saturated rings. The molecule has 0 saturated carbocycles. The Morgan fingerprint density at radius 3 is 2.13 bits per heavy atom. The molecule has 0 amide bonds. The Kier molecular flexibility index (Phi) is 4.19. The number of nitrogens with zero attached hydrogens (tertiary/aromatic N) is 3. The number of aromatic nitrogens is 3. The van der Waals surface area contributed by atoms with Crippen molar-refractivity contribution in [2.75, 3.05) is 10.6 Å². The SMILES string of the molecule is Cc1ccc(Nc2cnnc(Nc3cc(C)cc(C)c3)n2)cc1. The van der Waals surface area contributed by atoms with Gasteiger partial charge in [0.25, 0.3) is 0 Å². The molecule has 116 valence electrons. The summed E-state index contributed by atoms with van der Waals surface area (Å²) < 4.78 is 0. The van der Waals surface area contributed by atoms with E-state index in [1.807, 2.05) is 24.3 Å². The average Bonchev–Trinajstić information content (AvgIpc) is 2.49. The molecule has 0 spiro atoms. The topological polar surface area (TPSA) is 62.7 Å². The second kappa shape index (κ2) is 6.44. The molecule has 0 atom stereocenters. The average molecular weight is 305 g/mol. The van der Waals surface area contributed by atoms with Crippen LogP contribution < -0.4 is 10.6 Å². The highest BCUT2D eigenvalue weighted by Crippen LogP contribution is 2.19. The van der Waals surface area contributed by atoms with Crippen molar-refractivity contribution < 1.29 is 0 Å². The summed E-state index contributed by atoms with van der Waals surface area (Å²) in [6, 6.07) is 14.3. The highest BCUT2D eigenvalue weighted by atomic mass is 15.3. The lowest BCUT2D eigenvalue weighted by Crippen LogP contribution is -2.02. The van der Waals surface area contributed by atoms with Crippen LogP contribution in [-0.4, -0.2) is 15.2 Å². The van der Waals surface area contributed by atoms with E-state index in [2.05, 4.69) is 64.8 Å². The smallest absolute Gasteiger partial charge is 0.249 e. The molecule has 1 aromatic heterocycles. The summed E-state index contributed by atoms with van der Waals surface area (Å²) in [6.45, 7) is 6.18. The number of anilines is 4. The van der Waals surface area contributed by atoms with E-state index in [-0.39, 0.29) is 0 Å². The molecule has 5 nitrogen and oxygen atoms in total. The van der Waals surface area contributed by atoms with E-state index < -0.39 is 0 Å². The molecule has 0 aliphatic carbocycles. The molecular formula is C18H19N5. The predicted molar refractivity (Wildman–Crippen MR) is 93.5 cm³/mol. The van der Waals surface area contributed by atoms with Crippen LogP contribution in [0.5, 0.6) is 0 Å². The van der Waals surface area contributed by atoms with Gasteiger partial charge in [0.05, 0.1) is 6.20 Å². The molecule has 1 heterocycles. The van der Waals surface area contributed by atoms with Gasteiger partial charge in [-0.05, 0) is 56.2 Å². The summed E-state index contributed by atoms with van der Waals surface area (Å²) in [4.78, 5) is 4.45. The van der Waals surface area contributed by atoms with E-state index in [1.165, 1.54) is 16.7 Å². The van der Waals surface area contributed by atoms with Crippen molar-refractivity contribution in [1.82, 2.24) is 15.2 Å². The van der Waals surface area contributed by atoms with Gasteiger partial charge in [0.1, 0.15) is 0 Å². The summed E-state index contributed by atoms with van der Waals surface area (Å²) in [7, 11) is 0. The zero-order chi connectivity index (χ0) is 16.2. The Morgan fingerprint density at radius 2 is 1.43 bits per heavy atom. The van der Waals surface area contributed by atoms with Crippen LogP contribution in [0, 0.1) is 20.8 Å². The Hall–Kier alpha value is -2.95. The summed E-state index contributed by atoms with van der Waals surface area (Å²) in [5.41, 5.74) is 5.52. The molecule has 3 aromatic rings. The van der Waals surface area contributed by atoms with Crippen molar-refractivity contribution in [2.24, 2.45) is 0 Å². The maximum atomic E-state index is 4.45. The number of nitrogens with one attached hydrogen (secondary N) is 2. The van der Waals surface area contributed by atoms with E-state index in [9.17, 15) is 0 Å². The van der Waals surface area contributed by atoms with Crippen molar-refractivity contribution in [3.8, 4) is 0 Å². The lowest BCUT2D eigenvalue weighted by atomic mass is 10.1. The molecule has 0 aliphatic rings. The largest absolute Gasteiger partial charge is 0.339 e. The van der Waals surface area contributed by atoms with Gasteiger partial charge in [0.15, 0.2) is 5.82 Å². The zero-order valence-corrected chi connectivity index (χ0v) is 13.5. The van der Waals surface area contributed by atoms with Gasteiger partial charge in [-0.25, -0.2) is 0 Å². The molecule has 2 N–H and O–H groups in total. The minimum absolute atomic E-state index is 0.465. The van der Waals surface area contributed by atoms with Gasteiger partial charge in [-0.1, -0.05) is 23.8 Å². The lowest BCUT2D eigenvalue weighted by Gasteiger charge is -2.09. The highest BCUT2D eigenvalue weighted by Gasteiger charge is 2.03. The molecule has 0 radical (unpaired) electrons. The number of aryl methyl sites for hydroxylation is 3. The van der Waals surface area contributed by atoms with E-state index in [0.717, 1.165) is 11.4 Å². The van der Waals surface area contributed by atoms with Crippen LogP contribution in [0.4, 0.5) is 23.1 Å². The second-order valence-corrected chi connectivity index (χ2v) is 5.66. The van der Waals surface area contributed by atoms with Crippen LogP contribution >= 0.6 is 0 Å². The first-order chi connectivity index (χ1) is 11.1. The van der Waals surface area contributed by atoms with E-state index >= 15 is 0 Å². The summed E-state index contributed by atoms with van der Waals surface area (Å²) >= 11 is 0. The number of rotatable bonds is 4. The Balaban J connectivity index is 1.78. The standard InChI is InChI=1S/C18H19N5/c1-12-4-6-15(7-5-12)20-17-11-19-23-18(22-17)21-16-9-13(2)8-14(3)10-16/h4-11H,1-3H3,(H2,20,21,22,23). The Labute approximate surface area is 135 Å². The van der Waals surface area contributed by atoms with Crippen LogP contribution in [0.3, 0.4) is 0 Å². The molecule has 0 unspecified atom stereocenters. The Morgan fingerprint density at radius 1 is 0.739 bits per heavy atom. The second-order valence-electron chi connectivity index (χ2n) is 5.66. The van der Waals surface area contributed by atoms with Crippen molar-refractivity contribution in [2.45, 2.75) is 20.8 Å². The molecular weight excluding hydrogens is 286 g/mol. The van der Waals surface area contributed by atoms with Crippen LogP contribution in [0.2, 0.25) is 0 Å². The van der Waals surface area contributed by atoms with Gasteiger partial charge in [-0.2, -0.15) is 10.1 Å². The van der Waals surface area contributed by atoms with Gasteiger partial charge in [0, 0.05) is 11.4 Å². The third-order valence-corrected chi connectivity index (χ3v) is 3.36. The van der Waals surface area contributed by atoms with Gasteiger partial charge in [-0.3, -0.25) is 0 Å². The van der Waals surface area contributed by atoms with Crippen LogP contribution in [0.25, 0.3) is 0 Å². The van der Waals surface area contributed by atoms with Gasteiger partial charge in [-0.15, -0.1) is 5.10 Å². The predicted octanol–water partition coefficient (Wildman–Crippen LogP) is 4.28. The monoisotopic (exact) mass is 305 g/mol. The van der Waals surface area contributed by atoms with Crippen molar-refractivity contribution in [3.63, 3.8) is 0 Å². The number of hydrogen-bond donors (Lipinski definition) is 2. The Bertz CT molecular complexity index is 792. The molecule has 2 aromatic carbocycles. The van der Waals surface area contributed by atoms with E-state index in [1.54, 1.807) is 6.20 Å². The van der Waals surface area contributed by atoms with Crippen LogP contribution in [0.1, 0.15) is 16.7 Å². The zero-order valence-electron chi connectivity index (χ0n) is 13.5. The molecule has 3 rings (SSSR count). The maximum Gasteiger partial charge on any atom is 0.249 e. The van der Waals surface area contributed by atoms with Crippen LogP contribution in [-0.2, 0) is 0 Å². The number of hydrogen-bond acceptors (Lipinski definition) is 5. The highest BCUT2D eigenvalue weighted by molar-refractivity contribution is 5.59. The van der Waals surface area contributed by atoms with E-state index in [0.29, 0.717) is 11.8 Å². The summed E-state index contributed by atoms with van der Waals surface area (Å²) in [6.07, 6.45) is 1.60. The summed E-state index contributed by atoms with van der Waals surface area (Å²) in [5.74, 6) is 1.11. The quantitative estimate of drug-likeness (QED) is 0.753. The fraction of sp³-hybridized carbons (Fsp3) is 0.167. The minimum Gasteiger partial charge on any atom is -0.339 e. The van der Waals surface area contributed by atoms with Gasteiger partial charge in [0.2, 0.25) is 5.95 Å². The fourth-order valence-corrected chi connectivity index (χ4v) is 2.38. The normalized spacial score (nSPS) is 10.4. The molecule has 5 heteroatoms. The summed E-state index contributed by atoms with van der Waals surface area (Å²) in [5, 5.41) is 14.5. The van der Waals surface area contributed by atoms with Crippen LogP contribution in [0.15, 0.2) is 48.7 Å². The maximum absolute atomic E-state index is 4.45. The van der Waals surface area contributed by atoms with Gasteiger partial charge >= 0.3 is 0 Å². The third-order valence-electron chi connectivity index (χ3n) is 3.36. The first-order valence-corrected chi connectivity index (χ1v) is 7.47. The number of benzene rings is 2. The minimum atomic E-state index is 0.465. The third kappa shape index (κ3) is 4.03. The fourth-order valence-electron chi connectivity index (χ4n) is 2.38. The molecule has 23 heavy (non-hydrogen) atoms. The van der Waals surface area contributed by atoms with Crippen molar-refractivity contribution in [1.29, 1.82) is 0 Å². The first kappa shape index (κ1) is 15.0.